The van der Waals surface area contributed by atoms with E-state index in [1.54, 1.807) is 12.1 Å². The van der Waals surface area contributed by atoms with Gasteiger partial charge in [0.25, 0.3) is 5.69 Å². The van der Waals surface area contributed by atoms with E-state index in [0.717, 1.165) is 12.0 Å². The molecule has 0 amide bonds. The molecule has 0 aliphatic carbocycles. The second-order valence-corrected chi connectivity index (χ2v) is 3.94. The third-order valence-corrected chi connectivity index (χ3v) is 2.46. The van der Waals surface area contributed by atoms with Gasteiger partial charge >= 0.3 is 0 Å². The summed E-state index contributed by atoms with van der Waals surface area (Å²) in [5, 5.41) is 10.2. The van der Waals surface area contributed by atoms with Crippen molar-refractivity contribution in [3.05, 3.63) is 75.8 Å². The summed E-state index contributed by atoms with van der Waals surface area (Å²) in [6, 6.07) is 17.0. The van der Waals surface area contributed by atoms with Gasteiger partial charge in [-0.3, -0.25) is 10.1 Å². The molecule has 0 saturated carbocycles. The first-order valence-electron chi connectivity index (χ1n) is 6.88. The van der Waals surface area contributed by atoms with Crippen LogP contribution in [-0.4, -0.2) is 4.92 Å². The Morgan fingerprint density at radius 2 is 1.60 bits per heavy atom. The molecule has 2 aromatic carbocycles. The van der Waals surface area contributed by atoms with Crippen LogP contribution in [0.2, 0.25) is 0 Å². The first-order valence-corrected chi connectivity index (χ1v) is 6.88. The number of nitro groups is 1. The normalized spacial score (nSPS) is 8.60. The van der Waals surface area contributed by atoms with Crippen LogP contribution in [0.15, 0.2) is 54.6 Å². The summed E-state index contributed by atoms with van der Waals surface area (Å²) in [5.41, 5.74) is 2.47. The number of nitrogens with zero attached hydrogens (tertiary/aromatic N) is 1. The number of aryl methyl sites for hydroxylation is 2. The first-order chi connectivity index (χ1) is 9.63. The Morgan fingerprint density at radius 3 is 1.95 bits per heavy atom. The molecular formula is C17H23NO2. The number of hydrogen-bond donors (Lipinski definition) is 0. The maximum atomic E-state index is 10.2. The van der Waals surface area contributed by atoms with E-state index in [1.165, 1.54) is 11.6 Å². The summed E-state index contributed by atoms with van der Waals surface area (Å²) < 4.78 is 0. The molecule has 3 heteroatoms. The highest BCUT2D eigenvalue weighted by Crippen LogP contribution is 2.11. The van der Waals surface area contributed by atoms with Crippen LogP contribution in [0.1, 0.15) is 31.9 Å². The second-order valence-electron chi connectivity index (χ2n) is 3.94. The van der Waals surface area contributed by atoms with Crippen LogP contribution in [0.5, 0.6) is 0 Å². The fourth-order valence-electron chi connectivity index (χ4n) is 1.46. The van der Waals surface area contributed by atoms with Crippen LogP contribution in [0, 0.1) is 17.0 Å². The molecule has 2 aromatic rings. The van der Waals surface area contributed by atoms with E-state index in [0.29, 0.717) is 0 Å². The summed E-state index contributed by atoms with van der Waals surface area (Å²) in [4.78, 5) is 9.76. The SMILES string of the molecule is CC.CCc1ccccc1.Cc1cccc([N+](=O)[O-])c1. The van der Waals surface area contributed by atoms with Crippen LogP contribution in [-0.2, 0) is 6.42 Å². The molecule has 0 heterocycles. The molecule has 3 nitrogen and oxygen atoms in total. The van der Waals surface area contributed by atoms with E-state index < -0.39 is 4.92 Å². The molecule has 0 N–H and O–H groups in total. The lowest BCUT2D eigenvalue weighted by Gasteiger charge is -1.90. The lowest BCUT2D eigenvalue weighted by molar-refractivity contribution is -0.384. The average Bonchev–Trinajstić information content (AvgIpc) is 2.51. The zero-order chi connectivity index (χ0) is 15.4. The van der Waals surface area contributed by atoms with Crippen molar-refractivity contribution in [2.75, 3.05) is 0 Å². The Balaban J connectivity index is 0.000000327. The number of rotatable bonds is 2. The Morgan fingerprint density at radius 1 is 1.00 bits per heavy atom. The van der Waals surface area contributed by atoms with E-state index in [1.807, 2.05) is 32.9 Å². The second kappa shape index (κ2) is 10.7. The number of nitro benzene ring substituents is 1. The molecule has 20 heavy (non-hydrogen) atoms. The standard InChI is InChI=1S/C8H10.C7H7NO2.C2H6/c1-2-8-6-4-3-5-7-8;1-6-3-2-4-7(5-6)8(9)10;1-2/h3-7H,2H2,1H3;2-5H,1H3;1-2H3. The lowest BCUT2D eigenvalue weighted by Crippen LogP contribution is -1.86. The van der Waals surface area contributed by atoms with Crippen molar-refractivity contribution in [3.8, 4) is 0 Å². The van der Waals surface area contributed by atoms with Gasteiger partial charge in [-0.1, -0.05) is 63.2 Å². The summed E-state index contributed by atoms with van der Waals surface area (Å²) in [6.45, 7) is 7.99. The Hall–Kier alpha value is -2.16. The minimum absolute atomic E-state index is 0.153. The Bertz CT molecular complexity index is 495. The molecule has 0 saturated heterocycles. The fourth-order valence-corrected chi connectivity index (χ4v) is 1.46. The molecule has 0 aliphatic rings. The molecule has 0 bridgehead atoms. The van der Waals surface area contributed by atoms with Gasteiger partial charge in [-0.05, 0) is 24.5 Å². The molecule has 0 unspecified atom stereocenters. The highest BCUT2D eigenvalue weighted by atomic mass is 16.6. The molecule has 108 valence electrons. The zero-order valence-electron chi connectivity index (χ0n) is 12.7. The van der Waals surface area contributed by atoms with Crippen molar-refractivity contribution in [1.82, 2.24) is 0 Å². The smallest absolute Gasteiger partial charge is 0.258 e. The summed E-state index contributed by atoms with van der Waals surface area (Å²) in [6.07, 6.45) is 1.14. The van der Waals surface area contributed by atoms with Gasteiger partial charge in [0.1, 0.15) is 0 Å². The minimum atomic E-state index is -0.396. The molecular weight excluding hydrogens is 250 g/mol. The van der Waals surface area contributed by atoms with Gasteiger partial charge in [0.2, 0.25) is 0 Å². The maximum absolute atomic E-state index is 10.2. The zero-order valence-corrected chi connectivity index (χ0v) is 12.7. The van der Waals surface area contributed by atoms with Crippen molar-refractivity contribution in [2.45, 2.75) is 34.1 Å². The van der Waals surface area contributed by atoms with Crippen LogP contribution < -0.4 is 0 Å². The predicted molar refractivity (Wildman–Crippen MR) is 85.0 cm³/mol. The van der Waals surface area contributed by atoms with Crippen LogP contribution >= 0.6 is 0 Å². The summed E-state index contributed by atoms with van der Waals surface area (Å²) in [5.74, 6) is 0. The number of non-ortho nitro benzene ring substituents is 1. The van der Waals surface area contributed by atoms with E-state index in [9.17, 15) is 10.1 Å². The molecule has 0 aliphatic heterocycles. The topological polar surface area (TPSA) is 43.1 Å². The van der Waals surface area contributed by atoms with Crippen LogP contribution in [0.4, 0.5) is 5.69 Å². The molecule has 0 spiro atoms. The van der Waals surface area contributed by atoms with E-state index in [-0.39, 0.29) is 5.69 Å². The van der Waals surface area contributed by atoms with Gasteiger partial charge in [0.05, 0.1) is 4.92 Å². The van der Waals surface area contributed by atoms with E-state index >= 15 is 0 Å². The highest BCUT2D eigenvalue weighted by Gasteiger charge is 2.01. The van der Waals surface area contributed by atoms with Gasteiger partial charge in [0.15, 0.2) is 0 Å². The third kappa shape index (κ3) is 7.31. The van der Waals surface area contributed by atoms with Crippen molar-refractivity contribution < 1.29 is 4.92 Å². The minimum Gasteiger partial charge on any atom is -0.258 e. The van der Waals surface area contributed by atoms with E-state index in [4.69, 9.17) is 0 Å². The molecule has 0 fully saturated rings. The number of benzene rings is 2. The van der Waals surface area contributed by atoms with Gasteiger partial charge in [-0.2, -0.15) is 0 Å². The maximum Gasteiger partial charge on any atom is 0.269 e. The van der Waals surface area contributed by atoms with Gasteiger partial charge in [0, 0.05) is 12.1 Å². The quantitative estimate of drug-likeness (QED) is 0.559. The monoisotopic (exact) mass is 273 g/mol. The lowest BCUT2D eigenvalue weighted by atomic mass is 10.2. The molecule has 2 rings (SSSR count). The van der Waals surface area contributed by atoms with Gasteiger partial charge in [-0.15, -0.1) is 0 Å². The third-order valence-electron chi connectivity index (χ3n) is 2.46. The summed E-state index contributed by atoms with van der Waals surface area (Å²) >= 11 is 0. The number of hydrogen-bond acceptors (Lipinski definition) is 2. The van der Waals surface area contributed by atoms with Crippen LogP contribution in [0.3, 0.4) is 0 Å². The van der Waals surface area contributed by atoms with Gasteiger partial charge in [-0.25, -0.2) is 0 Å². The van der Waals surface area contributed by atoms with Crippen molar-refractivity contribution >= 4 is 5.69 Å². The van der Waals surface area contributed by atoms with E-state index in [2.05, 4.69) is 31.2 Å². The summed E-state index contributed by atoms with van der Waals surface area (Å²) in [7, 11) is 0. The molecule has 0 atom stereocenters. The fraction of sp³-hybridized carbons (Fsp3) is 0.294. The largest absolute Gasteiger partial charge is 0.269 e. The van der Waals surface area contributed by atoms with Crippen molar-refractivity contribution in [3.63, 3.8) is 0 Å². The van der Waals surface area contributed by atoms with Crippen LogP contribution in [0.25, 0.3) is 0 Å². The predicted octanol–water partition coefficient (Wildman–Crippen LogP) is 5.18. The van der Waals surface area contributed by atoms with Crippen molar-refractivity contribution in [1.29, 1.82) is 0 Å². The average molecular weight is 273 g/mol. The highest BCUT2D eigenvalue weighted by molar-refractivity contribution is 5.33. The molecule has 0 aromatic heterocycles. The Labute approximate surface area is 121 Å². The molecule has 0 radical (unpaired) electrons. The first kappa shape index (κ1) is 17.8. The van der Waals surface area contributed by atoms with Gasteiger partial charge < -0.3 is 0 Å². The van der Waals surface area contributed by atoms with Crippen molar-refractivity contribution in [2.24, 2.45) is 0 Å². The Kier molecular flexibility index (Phi) is 9.57.